The molecule has 0 radical (unpaired) electrons. The Kier molecular flexibility index (Phi) is 3.67. The van der Waals surface area contributed by atoms with Crippen LogP contribution in [0, 0.1) is 0 Å². The van der Waals surface area contributed by atoms with Crippen LogP contribution in [0.15, 0.2) is 42.0 Å². The van der Waals surface area contributed by atoms with Crippen LogP contribution < -0.4 is 0 Å². The number of rotatable bonds is 4. The normalized spacial score (nSPS) is 19.4. The van der Waals surface area contributed by atoms with Crippen molar-refractivity contribution in [3.8, 4) is 0 Å². The molecule has 19 heavy (non-hydrogen) atoms. The summed E-state index contributed by atoms with van der Waals surface area (Å²) >= 11 is 1.63. The molecule has 3 heteroatoms. The summed E-state index contributed by atoms with van der Waals surface area (Å²) in [6.07, 6.45) is 6.91. The Bertz CT molecular complexity index is 503. The zero-order valence-electron chi connectivity index (χ0n) is 11.0. The SMILES string of the molecule is OC(Cc1cncs1)C1(c2ccccc2)CCCC1. The third kappa shape index (κ3) is 2.45. The number of benzene rings is 1. The van der Waals surface area contributed by atoms with Crippen molar-refractivity contribution in [3.05, 3.63) is 52.5 Å². The number of hydrogen-bond acceptors (Lipinski definition) is 3. The van der Waals surface area contributed by atoms with Gasteiger partial charge in [0.25, 0.3) is 0 Å². The zero-order valence-corrected chi connectivity index (χ0v) is 11.8. The first-order valence-electron chi connectivity index (χ1n) is 6.92. The second kappa shape index (κ2) is 5.43. The van der Waals surface area contributed by atoms with Crippen molar-refractivity contribution < 1.29 is 5.11 Å². The highest BCUT2D eigenvalue weighted by molar-refractivity contribution is 7.09. The molecule has 1 heterocycles. The van der Waals surface area contributed by atoms with Crippen molar-refractivity contribution in [2.24, 2.45) is 0 Å². The average Bonchev–Trinajstić information content (AvgIpc) is 3.11. The quantitative estimate of drug-likeness (QED) is 0.924. The van der Waals surface area contributed by atoms with Crippen molar-refractivity contribution in [2.45, 2.75) is 43.6 Å². The maximum Gasteiger partial charge on any atom is 0.0794 e. The van der Waals surface area contributed by atoms with Gasteiger partial charge in [-0.05, 0) is 18.4 Å². The van der Waals surface area contributed by atoms with Gasteiger partial charge in [-0.25, -0.2) is 0 Å². The molecule has 1 unspecified atom stereocenters. The Hall–Kier alpha value is -1.19. The lowest BCUT2D eigenvalue weighted by Gasteiger charge is -2.35. The van der Waals surface area contributed by atoms with E-state index in [0.717, 1.165) is 19.3 Å². The number of aromatic nitrogens is 1. The van der Waals surface area contributed by atoms with Crippen LogP contribution in [0.25, 0.3) is 0 Å². The fourth-order valence-corrected chi connectivity index (χ4v) is 3.95. The molecular formula is C16H19NOS. The second-order valence-corrected chi connectivity index (χ2v) is 6.39. The van der Waals surface area contributed by atoms with Gasteiger partial charge in [-0.15, -0.1) is 11.3 Å². The van der Waals surface area contributed by atoms with Crippen LogP contribution in [0.1, 0.15) is 36.1 Å². The van der Waals surface area contributed by atoms with Crippen molar-refractivity contribution in [3.63, 3.8) is 0 Å². The molecule has 100 valence electrons. The van der Waals surface area contributed by atoms with Gasteiger partial charge in [0.2, 0.25) is 0 Å². The summed E-state index contributed by atoms with van der Waals surface area (Å²) in [7, 11) is 0. The fraction of sp³-hybridized carbons (Fsp3) is 0.438. The van der Waals surface area contributed by atoms with Gasteiger partial charge in [-0.3, -0.25) is 4.98 Å². The first-order valence-corrected chi connectivity index (χ1v) is 7.80. The topological polar surface area (TPSA) is 33.1 Å². The summed E-state index contributed by atoms with van der Waals surface area (Å²) in [6, 6.07) is 10.5. The van der Waals surface area contributed by atoms with Gasteiger partial charge >= 0.3 is 0 Å². The van der Waals surface area contributed by atoms with Gasteiger partial charge in [0, 0.05) is 22.9 Å². The molecule has 1 aromatic heterocycles. The van der Waals surface area contributed by atoms with Crippen molar-refractivity contribution in [1.29, 1.82) is 0 Å². The molecule has 1 fully saturated rings. The molecule has 1 aliphatic carbocycles. The van der Waals surface area contributed by atoms with E-state index in [1.807, 2.05) is 17.8 Å². The van der Waals surface area contributed by atoms with E-state index in [2.05, 4.69) is 29.2 Å². The van der Waals surface area contributed by atoms with Gasteiger partial charge in [-0.2, -0.15) is 0 Å². The summed E-state index contributed by atoms with van der Waals surface area (Å²) in [5, 5.41) is 10.8. The highest BCUT2D eigenvalue weighted by Crippen LogP contribution is 2.44. The number of aliphatic hydroxyl groups excluding tert-OH is 1. The van der Waals surface area contributed by atoms with E-state index < -0.39 is 0 Å². The largest absolute Gasteiger partial charge is 0.392 e. The lowest BCUT2D eigenvalue weighted by Crippen LogP contribution is -2.38. The summed E-state index contributed by atoms with van der Waals surface area (Å²) in [6.45, 7) is 0. The molecule has 3 rings (SSSR count). The Balaban J connectivity index is 1.88. The number of aliphatic hydroxyl groups is 1. The van der Waals surface area contributed by atoms with Crippen LogP contribution in [-0.4, -0.2) is 16.2 Å². The van der Waals surface area contributed by atoms with Crippen molar-refractivity contribution in [2.75, 3.05) is 0 Å². The zero-order chi connectivity index (χ0) is 13.1. The van der Waals surface area contributed by atoms with E-state index in [-0.39, 0.29) is 11.5 Å². The van der Waals surface area contributed by atoms with Crippen molar-refractivity contribution >= 4 is 11.3 Å². The van der Waals surface area contributed by atoms with E-state index in [1.54, 1.807) is 11.3 Å². The molecule has 0 bridgehead atoms. The van der Waals surface area contributed by atoms with Crippen molar-refractivity contribution in [1.82, 2.24) is 4.98 Å². The highest BCUT2D eigenvalue weighted by atomic mass is 32.1. The highest BCUT2D eigenvalue weighted by Gasteiger charge is 2.41. The monoisotopic (exact) mass is 273 g/mol. The minimum atomic E-state index is -0.308. The molecule has 0 spiro atoms. The summed E-state index contributed by atoms with van der Waals surface area (Å²) in [5.41, 5.74) is 3.08. The van der Waals surface area contributed by atoms with E-state index in [9.17, 15) is 5.11 Å². The summed E-state index contributed by atoms with van der Waals surface area (Å²) in [4.78, 5) is 5.28. The molecule has 1 aliphatic rings. The number of nitrogens with zero attached hydrogens (tertiary/aromatic N) is 1. The maximum atomic E-state index is 10.8. The van der Waals surface area contributed by atoms with Gasteiger partial charge in [0.15, 0.2) is 0 Å². The first-order chi connectivity index (χ1) is 9.31. The van der Waals surface area contributed by atoms with Gasteiger partial charge in [-0.1, -0.05) is 43.2 Å². The molecule has 1 aromatic carbocycles. The van der Waals surface area contributed by atoms with Crippen LogP contribution in [0.4, 0.5) is 0 Å². The average molecular weight is 273 g/mol. The molecule has 1 N–H and O–H groups in total. The van der Waals surface area contributed by atoms with E-state index in [0.29, 0.717) is 0 Å². The lowest BCUT2D eigenvalue weighted by atomic mass is 9.73. The number of hydrogen-bond donors (Lipinski definition) is 1. The van der Waals surface area contributed by atoms with Crippen LogP contribution in [-0.2, 0) is 11.8 Å². The van der Waals surface area contributed by atoms with Crippen LogP contribution in [0.5, 0.6) is 0 Å². The Morgan fingerprint density at radius 3 is 2.58 bits per heavy atom. The third-order valence-electron chi connectivity index (χ3n) is 4.36. The van der Waals surface area contributed by atoms with E-state index in [4.69, 9.17) is 0 Å². The van der Waals surface area contributed by atoms with E-state index >= 15 is 0 Å². The Morgan fingerprint density at radius 1 is 1.21 bits per heavy atom. The molecule has 0 aliphatic heterocycles. The van der Waals surface area contributed by atoms with Gasteiger partial charge in [0.05, 0.1) is 11.6 Å². The minimum absolute atomic E-state index is 0.0503. The van der Waals surface area contributed by atoms with Crippen LogP contribution in [0.3, 0.4) is 0 Å². The second-order valence-electron chi connectivity index (χ2n) is 5.42. The molecule has 1 atom stereocenters. The fourth-order valence-electron chi connectivity index (χ4n) is 3.32. The predicted octanol–water partition coefficient (Wildman–Crippen LogP) is 3.56. The molecule has 2 nitrogen and oxygen atoms in total. The van der Waals surface area contributed by atoms with Gasteiger partial charge < -0.3 is 5.11 Å². The maximum absolute atomic E-state index is 10.8. The molecule has 0 amide bonds. The minimum Gasteiger partial charge on any atom is -0.392 e. The standard InChI is InChI=1S/C16H19NOS/c18-15(10-14-11-17-12-19-14)16(8-4-5-9-16)13-6-2-1-3-7-13/h1-3,6-7,11-12,15,18H,4-5,8-10H2. The Morgan fingerprint density at radius 2 is 1.95 bits per heavy atom. The van der Waals surface area contributed by atoms with Gasteiger partial charge in [0.1, 0.15) is 0 Å². The first kappa shape index (κ1) is 12.8. The Labute approximate surface area is 118 Å². The third-order valence-corrected chi connectivity index (χ3v) is 5.16. The molecule has 2 aromatic rings. The lowest BCUT2D eigenvalue weighted by molar-refractivity contribution is 0.0832. The predicted molar refractivity (Wildman–Crippen MR) is 78.4 cm³/mol. The smallest absolute Gasteiger partial charge is 0.0794 e. The van der Waals surface area contributed by atoms with E-state index in [1.165, 1.54) is 23.3 Å². The van der Waals surface area contributed by atoms with Crippen LogP contribution in [0.2, 0.25) is 0 Å². The molecule has 1 saturated carbocycles. The summed E-state index contributed by atoms with van der Waals surface area (Å²) < 4.78 is 0. The number of thiazole rings is 1. The molecule has 0 saturated heterocycles. The van der Waals surface area contributed by atoms with Crippen LogP contribution >= 0.6 is 11.3 Å². The summed E-state index contributed by atoms with van der Waals surface area (Å²) in [5.74, 6) is 0. The molecular weight excluding hydrogens is 254 g/mol.